The minimum Gasteiger partial charge on any atom is -0.381 e. The van der Waals surface area contributed by atoms with Crippen LogP contribution in [0.5, 0.6) is 0 Å². The van der Waals surface area contributed by atoms with Crippen LogP contribution in [0.25, 0.3) is 0 Å². The summed E-state index contributed by atoms with van der Waals surface area (Å²) in [5.74, 6) is 0.375. The second-order valence-electron chi connectivity index (χ2n) is 3.96. The van der Waals surface area contributed by atoms with E-state index >= 15 is 0 Å². The van der Waals surface area contributed by atoms with E-state index in [1.165, 1.54) is 0 Å². The average molecular weight is 185 g/mol. The molecule has 1 aliphatic rings. The highest BCUT2D eigenvalue weighted by molar-refractivity contribution is 5.57. The van der Waals surface area contributed by atoms with E-state index in [2.05, 4.69) is 19.2 Å². The van der Waals surface area contributed by atoms with Crippen molar-refractivity contribution >= 4 is 6.29 Å². The maximum atomic E-state index is 10.7. The number of aldehydes is 1. The lowest BCUT2D eigenvalue weighted by Gasteiger charge is -2.27. The molecule has 1 N–H and O–H groups in total. The van der Waals surface area contributed by atoms with Crippen LogP contribution in [0.1, 0.15) is 26.7 Å². The first-order valence-electron chi connectivity index (χ1n) is 5.03. The second-order valence-corrected chi connectivity index (χ2v) is 3.96. The van der Waals surface area contributed by atoms with Crippen molar-refractivity contribution in [1.82, 2.24) is 5.32 Å². The van der Waals surface area contributed by atoms with Crippen molar-refractivity contribution in [3.05, 3.63) is 0 Å². The van der Waals surface area contributed by atoms with Crippen LogP contribution in [0.3, 0.4) is 0 Å². The fourth-order valence-electron chi connectivity index (χ4n) is 1.53. The molecule has 0 aromatic heterocycles. The molecular weight excluding hydrogens is 166 g/mol. The fourth-order valence-corrected chi connectivity index (χ4v) is 1.53. The van der Waals surface area contributed by atoms with Gasteiger partial charge in [0.2, 0.25) is 0 Å². The Kier molecular flexibility index (Phi) is 4.39. The molecule has 0 radical (unpaired) electrons. The van der Waals surface area contributed by atoms with E-state index in [0.717, 1.165) is 32.3 Å². The third-order valence-electron chi connectivity index (χ3n) is 2.51. The molecule has 1 aliphatic heterocycles. The predicted molar refractivity (Wildman–Crippen MR) is 51.7 cm³/mol. The standard InChI is InChI=1S/C10H19NO2/c1-8(2)10(7-12)11-9-3-5-13-6-4-9/h7-11H,3-6H2,1-2H3/t10-/m1/s1. The van der Waals surface area contributed by atoms with E-state index in [9.17, 15) is 4.79 Å². The van der Waals surface area contributed by atoms with Crippen LogP contribution in [0.2, 0.25) is 0 Å². The number of ether oxygens (including phenoxy) is 1. The van der Waals surface area contributed by atoms with Gasteiger partial charge in [0.05, 0.1) is 6.04 Å². The lowest BCUT2D eigenvalue weighted by molar-refractivity contribution is -0.110. The zero-order valence-electron chi connectivity index (χ0n) is 8.45. The molecular formula is C10H19NO2. The van der Waals surface area contributed by atoms with Gasteiger partial charge < -0.3 is 14.8 Å². The van der Waals surface area contributed by atoms with Crippen molar-refractivity contribution in [1.29, 1.82) is 0 Å². The van der Waals surface area contributed by atoms with Gasteiger partial charge in [-0.25, -0.2) is 0 Å². The summed E-state index contributed by atoms with van der Waals surface area (Å²) in [5, 5.41) is 3.36. The Labute approximate surface area is 79.8 Å². The number of nitrogens with one attached hydrogen (secondary N) is 1. The first kappa shape index (κ1) is 10.7. The van der Waals surface area contributed by atoms with Crippen LogP contribution in [-0.4, -0.2) is 31.6 Å². The lowest BCUT2D eigenvalue weighted by atomic mass is 10.0. The van der Waals surface area contributed by atoms with Gasteiger partial charge in [0.1, 0.15) is 6.29 Å². The van der Waals surface area contributed by atoms with Gasteiger partial charge in [0.25, 0.3) is 0 Å². The number of hydrogen-bond donors (Lipinski definition) is 1. The second kappa shape index (κ2) is 5.35. The maximum absolute atomic E-state index is 10.7. The number of hydrogen-bond acceptors (Lipinski definition) is 3. The Balaban J connectivity index is 2.31. The molecule has 1 atom stereocenters. The lowest BCUT2D eigenvalue weighted by Crippen LogP contribution is -2.44. The molecule has 0 amide bonds. The summed E-state index contributed by atoms with van der Waals surface area (Å²) in [6.45, 7) is 5.76. The van der Waals surface area contributed by atoms with Gasteiger partial charge in [-0.2, -0.15) is 0 Å². The van der Waals surface area contributed by atoms with Crippen molar-refractivity contribution in [2.75, 3.05) is 13.2 Å². The zero-order valence-corrected chi connectivity index (χ0v) is 8.45. The van der Waals surface area contributed by atoms with Crippen LogP contribution in [0, 0.1) is 5.92 Å². The zero-order chi connectivity index (χ0) is 9.68. The van der Waals surface area contributed by atoms with Crippen molar-refractivity contribution in [2.45, 2.75) is 38.8 Å². The minimum absolute atomic E-state index is 0.00287. The van der Waals surface area contributed by atoms with E-state index < -0.39 is 0 Å². The minimum atomic E-state index is 0.00287. The summed E-state index contributed by atoms with van der Waals surface area (Å²) in [6.07, 6.45) is 3.06. The molecule has 0 unspecified atom stereocenters. The molecule has 1 heterocycles. The van der Waals surface area contributed by atoms with E-state index in [-0.39, 0.29) is 6.04 Å². The van der Waals surface area contributed by atoms with Gasteiger partial charge in [0.15, 0.2) is 0 Å². The van der Waals surface area contributed by atoms with Crippen LogP contribution < -0.4 is 5.32 Å². The first-order chi connectivity index (χ1) is 6.24. The molecule has 0 saturated carbocycles. The topological polar surface area (TPSA) is 38.3 Å². The van der Waals surface area contributed by atoms with Gasteiger partial charge in [0, 0.05) is 19.3 Å². The summed E-state index contributed by atoms with van der Waals surface area (Å²) in [7, 11) is 0. The molecule has 0 spiro atoms. The Morgan fingerprint density at radius 1 is 1.38 bits per heavy atom. The molecule has 0 aliphatic carbocycles. The average Bonchev–Trinajstić information content (AvgIpc) is 2.15. The molecule has 0 aromatic carbocycles. The summed E-state index contributed by atoms with van der Waals surface area (Å²) in [4.78, 5) is 10.7. The smallest absolute Gasteiger partial charge is 0.137 e. The quantitative estimate of drug-likeness (QED) is 0.663. The molecule has 1 rings (SSSR count). The predicted octanol–water partition coefficient (Wildman–Crippen LogP) is 0.978. The highest BCUT2D eigenvalue weighted by Crippen LogP contribution is 2.09. The molecule has 13 heavy (non-hydrogen) atoms. The summed E-state index contributed by atoms with van der Waals surface area (Å²) < 4.78 is 5.25. The fraction of sp³-hybridized carbons (Fsp3) is 0.900. The Morgan fingerprint density at radius 2 is 2.00 bits per heavy atom. The van der Waals surface area contributed by atoms with Crippen molar-refractivity contribution in [3.8, 4) is 0 Å². The summed E-state index contributed by atoms with van der Waals surface area (Å²) in [5.41, 5.74) is 0. The van der Waals surface area contributed by atoms with E-state index in [1.807, 2.05) is 0 Å². The van der Waals surface area contributed by atoms with E-state index in [1.54, 1.807) is 0 Å². The maximum Gasteiger partial charge on any atom is 0.137 e. The molecule has 0 aromatic rings. The van der Waals surface area contributed by atoms with Gasteiger partial charge in [-0.15, -0.1) is 0 Å². The van der Waals surface area contributed by atoms with Gasteiger partial charge in [-0.1, -0.05) is 13.8 Å². The molecule has 1 fully saturated rings. The number of rotatable bonds is 4. The van der Waals surface area contributed by atoms with Gasteiger partial charge in [-0.3, -0.25) is 0 Å². The van der Waals surface area contributed by atoms with Crippen molar-refractivity contribution in [3.63, 3.8) is 0 Å². The normalized spacial score (nSPS) is 21.8. The third-order valence-corrected chi connectivity index (χ3v) is 2.51. The van der Waals surface area contributed by atoms with Gasteiger partial charge in [-0.05, 0) is 18.8 Å². The van der Waals surface area contributed by atoms with Crippen LogP contribution in [-0.2, 0) is 9.53 Å². The number of carbonyl (C=O) groups excluding carboxylic acids is 1. The SMILES string of the molecule is CC(C)[C@@H](C=O)NC1CCOCC1. The summed E-state index contributed by atoms with van der Waals surface area (Å²) in [6, 6.07) is 0.467. The van der Waals surface area contributed by atoms with Gasteiger partial charge >= 0.3 is 0 Å². The van der Waals surface area contributed by atoms with E-state index in [0.29, 0.717) is 12.0 Å². The highest BCUT2D eigenvalue weighted by Gasteiger charge is 2.19. The van der Waals surface area contributed by atoms with Crippen molar-refractivity contribution in [2.24, 2.45) is 5.92 Å². The van der Waals surface area contributed by atoms with Crippen LogP contribution in [0.15, 0.2) is 0 Å². The first-order valence-corrected chi connectivity index (χ1v) is 5.03. The molecule has 76 valence electrons. The molecule has 0 bridgehead atoms. The Hall–Kier alpha value is -0.410. The summed E-state index contributed by atoms with van der Waals surface area (Å²) >= 11 is 0. The Morgan fingerprint density at radius 3 is 2.46 bits per heavy atom. The monoisotopic (exact) mass is 185 g/mol. The largest absolute Gasteiger partial charge is 0.381 e. The third kappa shape index (κ3) is 3.44. The Bertz CT molecular complexity index is 153. The highest BCUT2D eigenvalue weighted by atomic mass is 16.5. The van der Waals surface area contributed by atoms with Crippen molar-refractivity contribution < 1.29 is 9.53 Å². The number of carbonyl (C=O) groups is 1. The van der Waals surface area contributed by atoms with Crippen LogP contribution >= 0.6 is 0 Å². The molecule has 3 heteroatoms. The van der Waals surface area contributed by atoms with E-state index in [4.69, 9.17) is 4.74 Å². The molecule has 3 nitrogen and oxygen atoms in total. The van der Waals surface area contributed by atoms with Crippen LogP contribution in [0.4, 0.5) is 0 Å². The molecule has 1 saturated heterocycles.